The number of hydrogen-bond acceptors (Lipinski definition) is 3. The topological polar surface area (TPSA) is 45.9 Å². The molecule has 0 aliphatic rings. The number of hydrogen-bond donors (Lipinski definition) is 0. The second-order valence-corrected chi connectivity index (χ2v) is 6.42. The van der Waals surface area contributed by atoms with Gasteiger partial charge in [0.05, 0.1) is 22.8 Å². The Hall–Kier alpha value is -3.64. The fraction of sp³-hybridized carbons (Fsp3) is 0.0833. The molecule has 0 saturated heterocycles. The van der Waals surface area contributed by atoms with E-state index in [0.29, 0.717) is 12.2 Å². The van der Waals surface area contributed by atoms with E-state index in [4.69, 9.17) is 10.00 Å². The molecule has 1 heterocycles. The van der Waals surface area contributed by atoms with Gasteiger partial charge in [-0.25, -0.2) is 4.98 Å². The number of fused-ring (bicyclic) bond motifs is 1. The van der Waals surface area contributed by atoms with Gasteiger partial charge in [-0.05, 0) is 53.9 Å². The summed E-state index contributed by atoms with van der Waals surface area (Å²) in [6.45, 7) is 0.439. The molecule has 0 aliphatic heterocycles. The number of para-hydroxylation sites is 1. The van der Waals surface area contributed by atoms with Gasteiger partial charge < -0.3 is 4.74 Å². The maximum atomic E-state index is 9.00. The third-order valence-electron chi connectivity index (χ3n) is 4.43. The Bertz CT molecular complexity index is 1110. The molecule has 1 aromatic heterocycles. The van der Waals surface area contributed by atoms with Crippen molar-refractivity contribution in [3.63, 3.8) is 0 Å². The van der Waals surface area contributed by atoms with Crippen molar-refractivity contribution in [2.24, 2.45) is 0 Å². The van der Waals surface area contributed by atoms with E-state index in [1.165, 1.54) is 5.56 Å². The number of pyridine rings is 1. The van der Waals surface area contributed by atoms with E-state index in [0.717, 1.165) is 34.3 Å². The summed E-state index contributed by atoms with van der Waals surface area (Å²) in [6.07, 6.45) is 0.794. The quantitative estimate of drug-likeness (QED) is 0.492. The molecular weight excluding hydrogens is 332 g/mol. The van der Waals surface area contributed by atoms with E-state index in [1.807, 2.05) is 60.7 Å². The van der Waals surface area contributed by atoms with Crippen molar-refractivity contribution in [2.75, 3.05) is 0 Å². The summed E-state index contributed by atoms with van der Waals surface area (Å²) in [5, 5.41) is 10.1. The lowest BCUT2D eigenvalue weighted by molar-refractivity contribution is 0.301. The molecule has 0 radical (unpaired) electrons. The van der Waals surface area contributed by atoms with Gasteiger partial charge in [-0.1, -0.05) is 48.5 Å². The fourth-order valence-electron chi connectivity index (χ4n) is 3.04. The molecule has 4 rings (SSSR count). The Balaban J connectivity index is 1.40. The molecule has 0 spiro atoms. The molecule has 0 atom stereocenters. The van der Waals surface area contributed by atoms with E-state index in [2.05, 4.69) is 35.3 Å². The SMILES string of the molecule is N#Cc1cccc(Cc2ccc(OCc3ccc4ccccc4n3)cc2)c1. The molecule has 130 valence electrons. The minimum Gasteiger partial charge on any atom is -0.487 e. The first-order valence-electron chi connectivity index (χ1n) is 8.86. The lowest BCUT2D eigenvalue weighted by atomic mass is 10.0. The number of ether oxygens (including phenoxy) is 1. The molecule has 3 heteroatoms. The third-order valence-corrected chi connectivity index (χ3v) is 4.43. The van der Waals surface area contributed by atoms with Gasteiger partial charge in [0.15, 0.2) is 0 Å². The molecule has 0 unspecified atom stereocenters. The maximum absolute atomic E-state index is 9.00. The lowest BCUT2D eigenvalue weighted by Crippen LogP contribution is -1.98. The Labute approximate surface area is 158 Å². The van der Waals surface area contributed by atoms with E-state index < -0.39 is 0 Å². The maximum Gasteiger partial charge on any atom is 0.130 e. The van der Waals surface area contributed by atoms with Crippen LogP contribution in [0.1, 0.15) is 22.4 Å². The Kier molecular flexibility index (Phi) is 4.80. The number of rotatable bonds is 5. The van der Waals surface area contributed by atoms with E-state index in [-0.39, 0.29) is 0 Å². The van der Waals surface area contributed by atoms with Crippen LogP contribution in [0.5, 0.6) is 5.75 Å². The first-order chi connectivity index (χ1) is 13.3. The number of nitrogens with zero attached hydrogens (tertiary/aromatic N) is 2. The van der Waals surface area contributed by atoms with Crippen LogP contribution in [-0.4, -0.2) is 4.98 Å². The Morgan fingerprint density at radius 1 is 0.815 bits per heavy atom. The van der Waals surface area contributed by atoms with Crippen molar-refractivity contribution in [2.45, 2.75) is 13.0 Å². The number of nitriles is 1. The first-order valence-corrected chi connectivity index (χ1v) is 8.86. The molecule has 0 bridgehead atoms. The predicted octanol–water partition coefficient (Wildman–Crippen LogP) is 5.28. The van der Waals surface area contributed by atoms with Crippen LogP contribution >= 0.6 is 0 Å². The first kappa shape index (κ1) is 16.8. The van der Waals surface area contributed by atoms with Crippen molar-refractivity contribution >= 4 is 10.9 Å². The van der Waals surface area contributed by atoms with Crippen LogP contribution < -0.4 is 4.74 Å². The molecule has 0 aliphatic carbocycles. The van der Waals surface area contributed by atoms with Crippen molar-refractivity contribution in [1.82, 2.24) is 4.98 Å². The summed E-state index contributed by atoms with van der Waals surface area (Å²) in [4.78, 5) is 4.63. The zero-order valence-corrected chi connectivity index (χ0v) is 14.8. The number of aromatic nitrogens is 1. The fourth-order valence-corrected chi connectivity index (χ4v) is 3.04. The van der Waals surface area contributed by atoms with Crippen molar-refractivity contribution < 1.29 is 4.74 Å². The highest BCUT2D eigenvalue weighted by Gasteiger charge is 2.02. The summed E-state index contributed by atoms with van der Waals surface area (Å²) in [6, 6.07) is 30.1. The summed E-state index contributed by atoms with van der Waals surface area (Å²) >= 11 is 0. The van der Waals surface area contributed by atoms with Gasteiger partial charge in [-0.2, -0.15) is 5.26 Å². The average Bonchev–Trinajstić information content (AvgIpc) is 2.73. The van der Waals surface area contributed by atoms with Crippen LogP contribution in [0.4, 0.5) is 0 Å². The van der Waals surface area contributed by atoms with Crippen LogP contribution in [0.2, 0.25) is 0 Å². The largest absolute Gasteiger partial charge is 0.487 e. The Morgan fingerprint density at radius 3 is 2.52 bits per heavy atom. The molecule has 0 N–H and O–H groups in total. The second-order valence-electron chi connectivity index (χ2n) is 6.42. The van der Waals surface area contributed by atoms with Gasteiger partial charge >= 0.3 is 0 Å². The zero-order valence-electron chi connectivity index (χ0n) is 14.8. The molecule has 3 nitrogen and oxygen atoms in total. The monoisotopic (exact) mass is 350 g/mol. The van der Waals surface area contributed by atoms with Gasteiger partial charge in [0.25, 0.3) is 0 Å². The van der Waals surface area contributed by atoms with Crippen LogP contribution in [0.3, 0.4) is 0 Å². The number of benzene rings is 3. The average molecular weight is 350 g/mol. The smallest absolute Gasteiger partial charge is 0.130 e. The van der Waals surface area contributed by atoms with Gasteiger partial charge in [-0.15, -0.1) is 0 Å². The summed E-state index contributed by atoms with van der Waals surface area (Å²) in [7, 11) is 0. The normalized spacial score (nSPS) is 10.5. The highest BCUT2D eigenvalue weighted by Crippen LogP contribution is 2.18. The van der Waals surface area contributed by atoms with E-state index >= 15 is 0 Å². The summed E-state index contributed by atoms with van der Waals surface area (Å²) in [5.41, 5.74) is 4.89. The summed E-state index contributed by atoms with van der Waals surface area (Å²) in [5.74, 6) is 0.819. The standard InChI is InChI=1S/C24H18N2O/c25-16-20-5-3-4-19(15-20)14-18-8-12-23(13-9-18)27-17-22-11-10-21-6-1-2-7-24(21)26-22/h1-13,15H,14,17H2. The van der Waals surface area contributed by atoms with E-state index in [1.54, 1.807) is 0 Å². The molecular formula is C24H18N2O. The van der Waals surface area contributed by atoms with Crippen LogP contribution in [-0.2, 0) is 13.0 Å². The summed E-state index contributed by atoms with van der Waals surface area (Å²) < 4.78 is 5.88. The van der Waals surface area contributed by atoms with Crippen LogP contribution in [0.25, 0.3) is 10.9 Å². The van der Waals surface area contributed by atoms with Crippen LogP contribution in [0.15, 0.2) is 84.9 Å². The molecule has 4 aromatic rings. The van der Waals surface area contributed by atoms with Gasteiger partial charge in [-0.3, -0.25) is 0 Å². The highest BCUT2D eigenvalue weighted by atomic mass is 16.5. The molecule has 0 fully saturated rings. The predicted molar refractivity (Wildman–Crippen MR) is 106 cm³/mol. The minimum atomic E-state index is 0.439. The van der Waals surface area contributed by atoms with Crippen LogP contribution in [0, 0.1) is 11.3 Å². The second kappa shape index (κ2) is 7.72. The molecule has 3 aromatic carbocycles. The van der Waals surface area contributed by atoms with E-state index in [9.17, 15) is 0 Å². The molecule has 27 heavy (non-hydrogen) atoms. The molecule has 0 amide bonds. The van der Waals surface area contributed by atoms with Gasteiger partial charge in [0, 0.05) is 5.39 Å². The van der Waals surface area contributed by atoms with Crippen molar-refractivity contribution in [1.29, 1.82) is 5.26 Å². The minimum absolute atomic E-state index is 0.439. The van der Waals surface area contributed by atoms with Gasteiger partial charge in [0.1, 0.15) is 12.4 Å². The molecule has 0 saturated carbocycles. The Morgan fingerprint density at radius 2 is 1.67 bits per heavy atom. The highest BCUT2D eigenvalue weighted by molar-refractivity contribution is 5.78. The lowest BCUT2D eigenvalue weighted by Gasteiger charge is -2.08. The van der Waals surface area contributed by atoms with Crippen molar-refractivity contribution in [3.05, 3.63) is 107 Å². The van der Waals surface area contributed by atoms with Gasteiger partial charge in [0.2, 0.25) is 0 Å². The van der Waals surface area contributed by atoms with Crippen molar-refractivity contribution in [3.8, 4) is 11.8 Å². The zero-order chi connectivity index (χ0) is 18.5. The third kappa shape index (κ3) is 4.13.